The zero-order chi connectivity index (χ0) is 22.2. The molecular weight excluding hydrogens is 458 g/mol. The third-order valence-electron chi connectivity index (χ3n) is 5.32. The number of aromatic nitrogens is 4. The van der Waals surface area contributed by atoms with Crippen LogP contribution in [-0.4, -0.2) is 57.1 Å². The van der Waals surface area contributed by atoms with Crippen molar-refractivity contribution in [3.05, 3.63) is 52.5 Å². The van der Waals surface area contributed by atoms with Crippen LogP contribution in [0.3, 0.4) is 0 Å². The number of hydrogen-bond donors (Lipinski definition) is 2. The summed E-state index contributed by atoms with van der Waals surface area (Å²) in [5, 5.41) is 10.9. The van der Waals surface area contributed by atoms with Gasteiger partial charge >= 0.3 is 0 Å². The van der Waals surface area contributed by atoms with Gasteiger partial charge in [0.15, 0.2) is 5.65 Å². The minimum atomic E-state index is 0.344. The van der Waals surface area contributed by atoms with Crippen LogP contribution < -0.4 is 10.6 Å². The minimum absolute atomic E-state index is 0.344. The van der Waals surface area contributed by atoms with E-state index in [2.05, 4.69) is 56.6 Å². The second-order valence-corrected chi connectivity index (χ2v) is 8.72. The fraction of sp³-hybridized carbons (Fsp3) is 0.455. The molecule has 31 heavy (non-hydrogen) atoms. The third-order valence-corrected chi connectivity index (χ3v) is 5.88. The summed E-state index contributed by atoms with van der Waals surface area (Å²) >= 11 is 3.54. The van der Waals surface area contributed by atoms with Gasteiger partial charge in [0, 0.05) is 55.7 Å². The van der Waals surface area contributed by atoms with Crippen molar-refractivity contribution in [2.24, 2.45) is 0 Å². The Kier molecular flexibility index (Phi) is 8.36. The first-order valence-corrected chi connectivity index (χ1v) is 11.3. The summed E-state index contributed by atoms with van der Waals surface area (Å²) in [7, 11) is 1.95. The molecule has 0 saturated carbocycles. The van der Waals surface area contributed by atoms with Crippen LogP contribution in [0.15, 0.2) is 41.3 Å². The van der Waals surface area contributed by atoms with E-state index in [9.17, 15) is 4.79 Å². The summed E-state index contributed by atoms with van der Waals surface area (Å²) in [5.41, 5.74) is 2.94. The molecule has 0 spiro atoms. The second kappa shape index (κ2) is 11.2. The number of fused-ring (bicyclic) bond motifs is 1. The lowest BCUT2D eigenvalue weighted by molar-refractivity contribution is -0.119. The largest absolute Gasteiger partial charge is 0.366 e. The zero-order valence-corrected chi connectivity index (χ0v) is 19.8. The Morgan fingerprint density at radius 3 is 2.65 bits per heavy atom. The van der Waals surface area contributed by atoms with Crippen molar-refractivity contribution < 1.29 is 4.79 Å². The zero-order valence-electron chi connectivity index (χ0n) is 18.3. The van der Waals surface area contributed by atoms with Crippen LogP contribution in [0.5, 0.6) is 0 Å². The lowest BCUT2D eigenvalue weighted by Gasteiger charge is -2.29. The molecule has 0 radical (unpaired) electrons. The third kappa shape index (κ3) is 6.24. The summed E-state index contributed by atoms with van der Waals surface area (Å²) in [6, 6.07) is 6.67. The van der Waals surface area contributed by atoms with Gasteiger partial charge in [-0.15, -0.1) is 0 Å². The summed E-state index contributed by atoms with van der Waals surface area (Å²) in [6.07, 6.45) is 8.16. The van der Waals surface area contributed by atoms with Gasteiger partial charge in [0.2, 0.25) is 6.41 Å². The number of amides is 1. The average molecular weight is 488 g/mol. The number of rotatable bonds is 6. The minimum Gasteiger partial charge on any atom is -0.366 e. The van der Waals surface area contributed by atoms with Crippen LogP contribution in [0.4, 0.5) is 5.82 Å². The average Bonchev–Trinajstić information content (AvgIpc) is 3.19. The maximum Gasteiger partial charge on any atom is 0.209 e. The van der Waals surface area contributed by atoms with Gasteiger partial charge in [-0.1, -0.05) is 19.9 Å². The molecular formula is C22H30BrN7O. The van der Waals surface area contributed by atoms with E-state index < -0.39 is 0 Å². The van der Waals surface area contributed by atoms with E-state index in [0.717, 1.165) is 59.5 Å². The molecule has 1 aliphatic rings. The van der Waals surface area contributed by atoms with Gasteiger partial charge in [0.05, 0.1) is 10.7 Å². The Labute approximate surface area is 191 Å². The number of likely N-dealkylation sites (tertiary alicyclic amines) is 1. The topological polar surface area (TPSA) is 87.5 Å². The first-order valence-electron chi connectivity index (χ1n) is 10.6. The van der Waals surface area contributed by atoms with E-state index in [1.807, 2.05) is 34.8 Å². The Morgan fingerprint density at radius 1 is 1.29 bits per heavy atom. The lowest BCUT2D eigenvalue weighted by Crippen LogP contribution is -2.32. The molecule has 4 rings (SSSR count). The predicted octanol–water partition coefficient (Wildman–Crippen LogP) is 3.45. The van der Waals surface area contributed by atoms with Crippen molar-refractivity contribution in [1.82, 2.24) is 29.8 Å². The molecule has 0 aromatic carbocycles. The molecule has 4 heterocycles. The molecule has 8 nitrogen and oxygen atoms in total. The highest BCUT2D eigenvalue weighted by atomic mass is 79.9. The molecule has 0 bridgehead atoms. The fourth-order valence-corrected chi connectivity index (χ4v) is 3.63. The molecule has 1 saturated heterocycles. The first-order chi connectivity index (χ1) is 15.0. The molecule has 166 valence electrons. The monoisotopic (exact) mass is 487 g/mol. The van der Waals surface area contributed by atoms with Crippen LogP contribution >= 0.6 is 15.9 Å². The van der Waals surface area contributed by atoms with Crippen molar-refractivity contribution in [1.29, 1.82) is 0 Å². The fourth-order valence-electron chi connectivity index (χ4n) is 3.29. The highest BCUT2D eigenvalue weighted by molar-refractivity contribution is 9.10. The number of hydrogen-bond acceptors (Lipinski definition) is 6. The highest BCUT2D eigenvalue weighted by Gasteiger charge is 2.22. The lowest BCUT2D eigenvalue weighted by atomic mass is 9.93. The van der Waals surface area contributed by atoms with E-state index in [0.29, 0.717) is 18.5 Å². The van der Waals surface area contributed by atoms with Gasteiger partial charge in [-0.25, -0.2) is 4.98 Å². The molecule has 1 aliphatic heterocycles. The number of pyridine rings is 1. The smallest absolute Gasteiger partial charge is 0.209 e. The number of anilines is 1. The van der Waals surface area contributed by atoms with Crippen molar-refractivity contribution in [3.63, 3.8) is 0 Å². The molecule has 1 amide bonds. The van der Waals surface area contributed by atoms with Crippen molar-refractivity contribution in [2.75, 3.05) is 25.5 Å². The molecule has 2 N–H and O–H groups in total. The quantitative estimate of drug-likeness (QED) is 0.517. The highest BCUT2D eigenvalue weighted by Crippen LogP contribution is 2.30. The van der Waals surface area contributed by atoms with Crippen LogP contribution in [0.1, 0.15) is 43.9 Å². The molecule has 3 aromatic heterocycles. The van der Waals surface area contributed by atoms with Crippen LogP contribution in [0.2, 0.25) is 0 Å². The summed E-state index contributed by atoms with van der Waals surface area (Å²) < 4.78 is 2.68. The second-order valence-electron chi connectivity index (χ2n) is 7.87. The van der Waals surface area contributed by atoms with Gasteiger partial charge in [-0.2, -0.15) is 9.61 Å². The van der Waals surface area contributed by atoms with Crippen LogP contribution in [-0.2, 0) is 11.3 Å². The summed E-state index contributed by atoms with van der Waals surface area (Å²) in [4.78, 5) is 21.7. The Morgan fingerprint density at radius 2 is 2.03 bits per heavy atom. The normalized spacial score (nSPS) is 14.4. The number of halogens is 1. The number of carbonyl (C=O) groups is 1. The van der Waals surface area contributed by atoms with E-state index in [4.69, 9.17) is 4.98 Å². The maximum absolute atomic E-state index is 10.9. The first kappa shape index (κ1) is 23.1. The molecule has 9 heteroatoms. The van der Waals surface area contributed by atoms with Crippen molar-refractivity contribution in [3.8, 4) is 0 Å². The van der Waals surface area contributed by atoms with Gasteiger partial charge in [-0.3, -0.25) is 9.78 Å². The van der Waals surface area contributed by atoms with E-state index >= 15 is 0 Å². The molecule has 0 aliphatic carbocycles. The molecule has 1 fully saturated rings. The predicted molar refractivity (Wildman–Crippen MR) is 126 cm³/mol. The number of nitrogens with one attached hydrogen (secondary N) is 2. The van der Waals surface area contributed by atoms with Crippen molar-refractivity contribution >= 4 is 33.8 Å². The SMILES string of the molecule is CNC(C)C.O=CN1CCC(c2cc(NCc3cccnc3)n3ncc(Br)c3n2)CC1. The summed E-state index contributed by atoms with van der Waals surface area (Å²) in [6.45, 7) is 6.44. The van der Waals surface area contributed by atoms with Crippen molar-refractivity contribution in [2.45, 2.75) is 45.2 Å². The Bertz CT molecular complexity index is 969. The van der Waals surface area contributed by atoms with E-state index in [-0.39, 0.29) is 0 Å². The van der Waals surface area contributed by atoms with E-state index in [1.165, 1.54) is 0 Å². The van der Waals surface area contributed by atoms with Gasteiger partial charge in [0.1, 0.15) is 5.82 Å². The number of carbonyl (C=O) groups excluding carboxylic acids is 1. The molecule has 3 aromatic rings. The Hall–Kier alpha value is -2.52. The van der Waals surface area contributed by atoms with Crippen LogP contribution in [0.25, 0.3) is 5.65 Å². The van der Waals surface area contributed by atoms with Gasteiger partial charge in [-0.05, 0) is 47.4 Å². The Balaban J connectivity index is 0.000000491. The van der Waals surface area contributed by atoms with Gasteiger partial charge in [0.25, 0.3) is 0 Å². The standard InChI is InChI=1S/C18H19BrN6O.C4H11N/c19-15-11-22-25-17(21-10-13-2-1-5-20-9-13)8-16(23-18(15)25)14-3-6-24(12-26)7-4-14;1-4(2)5-3/h1-2,5,8-9,11-12,14,21H,3-4,6-7,10H2;4-5H,1-3H3. The molecule has 0 atom stereocenters. The molecule has 0 unspecified atom stereocenters. The van der Waals surface area contributed by atoms with Gasteiger partial charge < -0.3 is 15.5 Å². The number of piperidine rings is 1. The summed E-state index contributed by atoms with van der Waals surface area (Å²) in [5.74, 6) is 1.24. The maximum atomic E-state index is 10.9. The number of nitrogens with zero attached hydrogens (tertiary/aromatic N) is 5. The van der Waals surface area contributed by atoms with E-state index in [1.54, 1.807) is 12.4 Å². The van der Waals surface area contributed by atoms with Crippen LogP contribution in [0, 0.1) is 0 Å².